The van der Waals surface area contributed by atoms with E-state index in [-0.39, 0.29) is 6.61 Å². The Bertz CT molecular complexity index is 1300. The number of amides is 2. The van der Waals surface area contributed by atoms with Crippen LogP contribution in [0.15, 0.2) is 71.8 Å². The molecule has 37 heavy (non-hydrogen) atoms. The highest BCUT2D eigenvalue weighted by molar-refractivity contribution is 6.06. The first kappa shape index (κ1) is 26.8. The van der Waals surface area contributed by atoms with Gasteiger partial charge in [-0.3, -0.25) is 9.59 Å². The molecular weight excluding hydrogens is 472 g/mol. The van der Waals surface area contributed by atoms with Crippen LogP contribution in [-0.4, -0.2) is 31.7 Å². The average molecular weight is 501 g/mol. The highest BCUT2D eigenvalue weighted by Crippen LogP contribution is 2.29. The molecule has 1 atom stereocenters. The summed E-state index contributed by atoms with van der Waals surface area (Å²) < 4.78 is 16.7. The molecule has 2 amide bonds. The van der Waals surface area contributed by atoms with Gasteiger partial charge in [-0.1, -0.05) is 18.2 Å². The zero-order valence-electron chi connectivity index (χ0n) is 20.9. The fourth-order valence-corrected chi connectivity index (χ4v) is 3.21. The highest BCUT2D eigenvalue weighted by atomic mass is 16.5. The normalized spacial score (nSPS) is 11.3. The van der Waals surface area contributed by atoms with Crippen LogP contribution in [0.25, 0.3) is 0 Å². The zero-order chi connectivity index (χ0) is 26.6. The number of carbonyl (C=O) groups excluding carboxylic acids is 2. The first-order valence-electron chi connectivity index (χ1n) is 11.6. The third-order valence-electron chi connectivity index (χ3n) is 5.32. The number of carbonyl (C=O) groups is 2. The second-order valence-corrected chi connectivity index (χ2v) is 7.87. The van der Waals surface area contributed by atoms with Gasteiger partial charge in [-0.15, -0.1) is 0 Å². The second kappa shape index (κ2) is 13.3. The van der Waals surface area contributed by atoms with Gasteiger partial charge in [0.1, 0.15) is 18.3 Å². The molecule has 3 rings (SSSR count). The largest absolute Gasteiger partial charge is 0.497 e. The summed E-state index contributed by atoms with van der Waals surface area (Å²) in [6.07, 6.45) is 1.45. The molecule has 9 nitrogen and oxygen atoms in total. The highest BCUT2D eigenvalue weighted by Gasteiger charge is 2.21. The van der Waals surface area contributed by atoms with Crippen molar-refractivity contribution in [2.45, 2.75) is 20.5 Å². The Hall–Kier alpha value is -4.84. The van der Waals surface area contributed by atoms with E-state index >= 15 is 0 Å². The van der Waals surface area contributed by atoms with Gasteiger partial charge >= 0.3 is 0 Å². The maximum Gasteiger partial charge on any atom is 0.252 e. The topological polar surface area (TPSA) is 122 Å². The molecule has 0 bridgehead atoms. The van der Waals surface area contributed by atoms with Crippen molar-refractivity contribution in [1.82, 2.24) is 5.43 Å². The monoisotopic (exact) mass is 500 g/mol. The van der Waals surface area contributed by atoms with Gasteiger partial charge in [-0.2, -0.15) is 10.4 Å². The standard InChI is InChI=1S/C28H28N4O5/c1-4-36-26-15-20(9-14-25(26)37-18-22-8-6-5-7-21(22)16-29)17-30-32-28(34)19(2)27(33)31-23-10-12-24(35-3)13-11-23/h5-15,17,19H,4,18H2,1-3H3,(H,31,33)(H,32,34). The Balaban J connectivity index is 1.59. The molecule has 2 N–H and O–H groups in total. The summed E-state index contributed by atoms with van der Waals surface area (Å²) in [5, 5.41) is 15.9. The number of nitrogens with one attached hydrogen (secondary N) is 2. The van der Waals surface area contributed by atoms with Gasteiger partial charge in [0.05, 0.1) is 31.6 Å². The van der Waals surface area contributed by atoms with E-state index in [9.17, 15) is 14.9 Å². The fourth-order valence-electron chi connectivity index (χ4n) is 3.21. The van der Waals surface area contributed by atoms with Crippen molar-refractivity contribution in [3.63, 3.8) is 0 Å². The molecular formula is C28H28N4O5. The number of hydrogen-bond donors (Lipinski definition) is 2. The van der Waals surface area contributed by atoms with E-state index < -0.39 is 17.7 Å². The lowest BCUT2D eigenvalue weighted by atomic mass is 10.1. The van der Waals surface area contributed by atoms with Gasteiger partial charge < -0.3 is 19.5 Å². The predicted molar refractivity (Wildman–Crippen MR) is 140 cm³/mol. The first-order chi connectivity index (χ1) is 17.9. The summed E-state index contributed by atoms with van der Waals surface area (Å²) in [5.74, 6) is -0.307. The van der Waals surface area contributed by atoms with Crippen LogP contribution in [0.4, 0.5) is 5.69 Å². The van der Waals surface area contributed by atoms with E-state index in [1.165, 1.54) is 13.1 Å². The molecule has 0 spiro atoms. The van der Waals surface area contributed by atoms with Gasteiger partial charge in [0, 0.05) is 11.3 Å². The van der Waals surface area contributed by atoms with Crippen molar-refractivity contribution in [3.05, 3.63) is 83.4 Å². The smallest absolute Gasteiger partial charge is 0.252 e. The Morgan fingerprint density at radius 1 is 1.03 bits per heavy atom. The Morgan fingerprint density at radius 2 is 1.78 bits per heavy atom. The van der Waals surface area contributed by atoms with Gasteiger partial charge in [0.2, 0.25) is 5.91 Å². The van der Waals surface area contributed by atoms with E-state index in [0.29, 0.717) is 40.7 Å². The molecule has 1 unspecified atom stereocenters. The van der Waals surface area contributed by atoms with Gasteiger partial charge in [-0.05, 0) is 67.9 Å². The number of rotatable bonds is 11. The lowest BCUT2D eigenvalue weighted by molar-refractivity contribution is -0.131. The summed E-state index contributed by atoms with van der Waals surface area (Å²) >= 11 is 0. The minimum absolute atomic E-state index is 0.212. The van der Waals surface area contributed by atoms with Crippen LogP contribution in [0.1, 0.15) is 30.5 Å². The molecule has 0 fully saturated rings. The van der Waals surface area contributed by atoms with Gasteiger partial charge in [-0.25, -0.2) is 5.43 Å². The van der Waals surface area contributed by atoms with E-state index in [1.807, 2.05) is 19.1 Å². The lowest BCUT2D eigenvalue weighted by Crippen LogP contribution is -2.34. The molecule has 9 heteroatoms. The Morgan fingerprint density at radius 3 is 2.49 bits per heavy atom. The van der Waals surface area contributed by atoms with Crippen LogP contribution >= 0.6 is 0 Å². The molecule has 0 aliphatic heterocycles. The quantitative estimate of drug-likeness (QED) is 0.230. The molecule has 0 aromatic heterocycles. The molecule has 0 aliphatic rings. The Labute approximate surface area is 215 Å². The third kappa shape index (κ3) is 7.57. The van der Waals surface area contributed by atoms with Crippen LogP contribution in [-0.2, 0) is 16.2 Å². The lowest BCUT2D eigenvalue weighted by Gasteiger charge is -2.13. The summed E-state index contributed by atoms with van der Waals surface area (Å²) in [4.78, 5) is 24.8. The van der Waals surface area contributed by atoms with Crippen molar-refractivity contribution >= 4 is 23.7 Å². The maximum absolute atomic E-state index is 12.4. The number of hydrazone groups is 1. The van der Waals surface area contributed by atoms with Crippen molar-refractivity contribution < 1.29 is 23.8 Å². The molecule has 0 radical (unpaired) electrons. The number of methoxy groups -OCH3 is 1. The van der Waals surface area contributed by atoms with E-state index in [1.54, 1.807) is 61.7 Å². The summed E-state index contributed by atoms with van der Waals surface area (Å²) in [5.41, 5.74) is 4.91. The number of nitrogens with zero attached hydrogens (tertiary/aromatic N) is 2. The van der Waals surface area contributed by atoms with Crippen LogP contribution < -0.4 is 25.0 Å². The van der Waals surface area contributed by atoms with E-state index in [0.717, 1.165) is 5.56 Å². The van der Waals surface area contributed by atoms with Crippen molar-refractivity contribution in [2.75, 3.05) is 19.0 Å². The molecule has 0 saturated carbocycles. The molecule has 190 valence electrons. The summed E-state index contributed by atoms with van der Waals surface area (Å²) in [7, 11) is 1.55. The maximum atomic E-state index is 12.4. The van der Waals surface area contributed by atoms with E-state index in [2.05, 4.69) is 21.9 Å². The zero-order valence-corrected chi connectivity index (χ0v) is 20.9. The van der Waals surface area contributed by atoms with Crippen molar-refractivity contribution in [1.29, 1.82) is 5.26 Å². The van der Waals surface area contributed by atoms with Gasteiger partial charge in [0.15, 0.2) is 11.5 Å². The van der Waals surface area contributed by atoms with Crippen LogP contribution in [0, 0.1) is 17.2 Å². The van der Waals surface area contributed by atoms with Crippen LogP contribution in [0.5, 0.6) is 17.2 Å². The molecule has 3 aromatic rings. The number of anilines is 1. The minimum Gasteiger partial charge on any atom is -0.497 e. The molecule has 0 saturated heterocycles. The first-order valence-corrected chi connectivity index (χ1v) is 11.6. The minimum atomic E-state index is -0.967. The third-order valence-corrected chi connectivity index (χ3v) is 5.32. The van der Waals surface area contributed by atoms with Crippen molar-refractivity contribution in [2.24, 2.45) is 11.0 Å². The predicted octanol–water partition coefficient (Wildman–Crippen LogP) is 4.27. The summed E-state index contributed by atoms with van der Waals surface area (Å²) in [6, 6.07) is 21.4. The molecule has 0 aliphatic carbocycles. The van der Waals surface area contributed by atoms with Gasteiger partial charge in [0.25, 0.3) is 5.91 Å². The van der Waals surface area contributed by atoms with Crippen LogP contribution in [0.3, 0.4) is 0 Å². The van der Waals surface area contributed by atoms with Crippen molar-refractivity contribution in [3.8, 4) is 23.3 Å². The fraction of sp³-hybridized carbons (Fsp3) is 0.214. The second-order valence-electron chi connectivity index (χ2n) is 7.87. The summed E-state index contributed by atoms with van der Waals surface area (Å²) in [6.45, 7) is 3.98. The number of ether oxygens (including phenoxy) is 3. The Kier molecular flexibility index (Phi) is 9.62. The SMILES string of the molecule is CCOc1cc(C=NNC(=O)C(C)C(=O)Nc2ccc(OC)cc2)ccc1OCc1ccccc1C#N. The molecule has 0 heterocycles. The average Bonchev–Trinajstić information content (AvgIpc) is 2.92. The van der Waals surface area contributed by atoms with E-state index in [4.69, 9.17) is 14.2 Å². The number of benzene rings is 3. The number of hydrogen-bond acceptors (Lipinski definition) is 7. The number of nitriles is 1. The molecule has 3 aromatic carbocycles. The van der Waals surface area contributed by atoms with Crippen LogP contribution in [0.2, 0.25) is 0 Å².